The van der Waals surface area contributed by atoms with Gasteiger partial charge in [0.05, 0.1) is 0 Å². The fraction of sp³-hybridized carbons (Fsp3) is 0.611. The molecule has 0 aliphatic carbocycles. The molecule has 1 aromatic rings. The number of amides is 1. The molecule has 0 bridgehead atoms. The lowest BCUT2D eigenvalue weighted by molar-refractivity contribution is 0.0224. The first-order chi connectivity index (χ1) is 10.9. The lowest BCUT2D eigenvalue weighted by atomic mass is 9.98. The molecule has 0 unspecified atom stereocenters. The number of benzene rings is 1. The topological polar surface area (TPSA) is 41.6 Å². The summed E-state index contributed by atoms with van der Waals surface area (Å²) in [6.07, 6.45) is 3.95. The van der Waals surface area contributed by atoms with Crippen LogP contribution in [0.2, 0.25) is 0 Å². The van der Waals surface area contributed by atoms with E-state index in [9.17, 15) is 4.79 Å². The van der Waals surface area contributed by atoms with Gasteiger partial charge in [-0.25, -0.2) is 4.79 Å². The highest BCUT2D eigenvalue weighted by atomic mass is 32.2. The maximum Gasteiger partial charge on any atom is 0.410 e. The fourth-order valence-electron chi connectivity index (χ4n) is 2.70. The van der Waals surface area contributed by atoms with E-state index in [1.807, 2.05) is 32.5 Å². The van der Waals surface area contributed by atoms with Crippen molar-refractivity contribution in [3.63, 3.8) is 0 Å². The molecule has 1 aliphatic rings. The summed E-state index contributed by atoms with van der Waals surface area (Å²) in [5.74, 6) is 1.18. The van der Waals surface area contributed by atoms with Crippen LogP contribution in [0.4, 0.5) is 10.5 Å². The summed E-state index contributed by atoms with van der Waals surface area (Å²) >= 11 is 1.88. The van der Waals surface area contributed by atoms with E-state index in [1.54, 1.807) is 4.90 Å². The first-order valence-corrected chi connectivity index (χ1v) is 9.61. The van der Waals surface area contributed by atoms with Crippen molar-refractivity contribution in [2.75, 3.05) is 30.4 Å². The van der Waals surface area contributed by atoms with Gasteiger partial charge >= 0.3 is 6.09 Å². The van der Waals surface area contributed by atoms with Gasteiger partial charge in [-0.2, -0.15) is 11.8 Å². The molecule has 0 spiro atoms. The van der Waals surface area contributed by atoms with Crippen LogP contribution in [-0.4, -0.2) is 41.7 Å². The highest BCUT2D eigenvalue weighted by Gasteiger charge is 2.26. The molecule has 1 heterocycles. The van der Waals surface area contributed by atoms with Crippen LogP contribution in [0.5, 0.6) is 0 Å². The average molecular weight is 337 g/mol. The van der Waals surface area contributed by atoms with Crippen LogP contribution in [-0.2, 0) is 17.7 Å². The minimum absolute atomic E-state index is 0.221. The van der Waals surface area contributed by atoms with Crippen LogP contribution >= 0.6 is 11.8 Å². The zero-order valence-corrected chi connectivity index (χ0v) is 15.5. The number of nitrogens with one attached hydrogen (secondary N) is 1. The number of carbonyl (C=O) groups excluding carboxylic acids is 1. The number of thioether (sulfide) groups is 1. The van der Waals surface area contributed by atoms with Crippen molar-refractivity contribution in [3.8, 4) is 0 Å². The predicted octanol–water partition coefficient (Wildman–Crippen LogP) is 4.14. The number of carbonyl (C=O) groups is 1. The zero-order valence-electron chi connectivity index (χ0n) is 14.6. The smallest absolute Gasteiger partial charge is 0.410 e. The third kappa shape index (κ3) is 5.34. The van der Waals surface area contributed by atoms with Gasteiger partial charge in [0, 0.05) is 25.3 Å². The molecule has 0 fully saturated rings. The Morgan fingerprint density at radius 2 is 2.17 bits per heavy atom. The molecule has 0 saturated carbocycles. The van der Waals surface area contributed by atoms with Gasteiger partial charge in [-0.05, 0) is 62.8 Å². The molecule has 2 rings (SSSR count). The van der Waals surface area contributed by atoms with Crippen LogP contribution in [0.3, 0.4) is 0 Å². The summed E-state index contributed by atoms with van der Waals surface area (Å²) in [6.45, 7) is 8.04. The normalized spacial score (nSPS) is 14.3. The van der Waals surface area contributed by atoms with Gasteiger partial charge in [0.15, 0.2) is 0 Å². The van der Waals surface area contributed by atoms with E-state index in [0.29, 0.717) is 13.1 Å². The van der Waals surface area contributed by atoms with Crippen molar-refractivity contribution in [1.29, 1.82) is 0 Å². The lowest BCUT2D eigenvalue weighted by Crippen LogP contribution is -2.40. The Labute approximate surface area is 144 Å². The Bertz CT molecular complexity index is 540. The van der Waals surface area contributed by atoms with Crippen molar-refractivity contribution in [2.45, 2.75) is 45.8 Å². The largest absolute Gasteiger partial charge is 0.444 e. The van der Waals surface area contributed by atoms with Crippen LogP contribution in [0.15, 0.2) is 18.2 Å². The fourth-order valence-corrected chi connectivity index (χ4v) is 3.13. The second kappa shape index (κ2) is 7.95. The van der Waals surface area contributed by atoms with Crippen LogP contribution in [0.25, 0.3) is 0 Å². The number of fused-ring (bicyclic) bond motifs is 1. The van der Waals surface area contributed by atoms with E-state index in [0.717, 1.165) is 19.4 Å². The molecule has 1 amide bonds. The van der Waals surface area contributed by atoms with Gasteiger partial charge in [0.1, 0.15) is 5.60 Å². The summed E-state index contributed by atoms with van der Waals surface area (Å²) in [6, 6.07) is 6.31. The summed E-state index contributed by atoms with van der Waals surface area (Å²) in [5.41, 5.74) is 3.33. The molecule has 0 saturated heterocycles. The Morgan fingerprint density at radius 3 is 2.87 bits per heavy atom. The summed E-state index contributed by atoms with van der Waals surface area (Å²) in [5, 5.41) is 3.54. The van der Waals surface area contributed by atoms with Gasteiger partial charge in [-0.1, -0.05) is 12.1 Å². The number of ether oxygens (including phenoxy) is 1. The van der Waals surface area contributed by atoms with E-state index in [1.165, 1.54) is 22.6 Å². The maximum absolute atomic E-state index is 12.2. The van der Waals surface area contributed by atoms with Gasteiger partial charge in [-0.3, -0.25) is 0 Å². The van der Waals surface area contributed by atoms with Gasteiger partial charge in [0.25, 0.3) is 0 Å². The standard InChI is InChI=1S/C18H28N2O2S/c1-18(2,3)22-17(21)20-11-9-15-14(13-20)7-5-8-16(15)19-10-6-12-23-4/h5,7-8,19H,6,9-13H2,1-4H3. The van der Waals surface area contributed by atoms with Crippen molar-refractivity contribution in [1.82, 2.24) is 4.90 Å². The molecular formula is C18H28N2O2S. The molecule has 1 aliphatic heterocycles. The number of hydrogen-bond acceptors (Lipinski definition) is 4. The van der Waals surface area contributed by atoms with Crippen molar-refractivity contribution in [3.05, 3.63) is 29.3 Å². The first kappa shape index (κ1) is 18.0. The van der Waals surface area contributed by atoms with Crippen LogP contribution in [0.1, 0.15) is 38.3 Å². The van der Waals surface area contributed by atoms with E-state index in [2.05, 4.69) is 29.8 Å². The van der Waals surface area contributed by atoms with E-state index < -0.39 is 5.60 Å². The Hall–Kier alpha value is -1.36. The first-order valence-electron chi connectivity index (χ1n) is 8.22. The molecular weight excluding hydrogens is 308 g/mol. The third-order valence-electron chi connectivity index (χ3n) is 3.76. The SMILES string of the molecule is CSCCCNc1cccc2c1CCN(C(=O)OC(C)(C)C)C2. The molecule has 5 heteroatoms. The summed E-state index contributed by atoms with van der Waals surface area (Å²) in [4.78, 5) is 14.0. The number of anilines is 1. The molecule has 23 heavy (non-hydrogen) atoms. The Balaban J connectivity index is 2.00. The van der Waals surface area contributed by atoms with E-state index in [-0.39, 0.29) is 6.09 Å². The Kier molecular flexibility index (Phi) is 6.22. The maximum atomic E-state index is 12.2. The van der Waals surface area contributed by atoms with Crippen molar-refractivity contribution in [2.24, 2.45) is 0 Å². The molecule has 1 aromatic carbocycles. The second-order valence-electron chi connectivity index (χ2n) is 6.87. The number of rotatable bonds is 5. The minimum atomic E-state index is -0.446. The summed E-state index contributed by atoms with van der Waals surface area (Å²) in [7, 11) is 0. The van der Waals surface area contributed by atoms with Crippen LogP contribution in [0, 0.1) is 0 Å². The highest BCUT2D eigenvalue weighted by Crippen LogP contribution is 2.27. The number of hydrogen-bond donors (Lipinski definition) is 1. The van der Waals surface area contributed by atoms with Gasteiger partial charge in [0.2, 0.25) is 0 Å². The third-order valence-corrected chi connectivity index (χ3v) is 4.46. The minimum Gasteiger partial charge on any atom is -0.444 e. The molecule has 128 valence electrons. The quantitative estimate of drug-likeness (QED) is 0.820. The Morgan fingerprint density at radius 1 is 1.39 bits per heavy atom. The molecule has 4 nitrogen and oxygen atoms in total. The molecule has 0 radical (unpaired) electrons. The second-order valence-corrected chi connectivity index (χ2v) is 7.85. The predicted molar refractivity (Wildman–Crippen MR) is 98.3 cm³/mol. The van der Waals surface area contributed by atoms with E-state index >= 15 is 0 Å². The molecule has 1 N–H and O–H groups in total. The van der Waals surface area contributed by atoms with Crippen molar-refractivity contribution >= 4 is 23.5 Å². The van der Waals surface area contributed by atoms with Gasteiger partial charge < -0.3 is 15.0 Å². The van der Waals surface area contributed by atoms with Gasteiger partial charge in [-0.15, -0.1) is 0 Å². The van der Waals surface area contributed by atoms with Crippen LogP contribution < -0.4 is 5.32 Å². The summed E-state index contributed by atoms with van der Waals surface area (Å²) < 4.78 is 5.48. The average Bonchev–Trinajstić information content (AvgIpc) is 2.49. The van der Waals surface area contributed by atoms with Crippen molar-refractivity contribution < 1.29 is 9.53 Å². The highest BCUT2D eigenvalue weighted by molar-refractivity contribution is 7.98. The molecule has 0 aromatic heterocycles. The van der Waals surface area contributed by atoms with E-state index in [4.69, 9.17) is 4.74 Å². The lowest BCUT2D eigenvalue weighted by Gasteiger charge is -2.32. The molecule has 0 atom stereocenters. The number of nitrogens with zero attached hydrogens (tertiary/aromatic N) is 1. The monoisotopic (exact) mass is 336 g/mol. The zero-order chi connectivity index (χ0) is 16.9.